The molecule has 3 aromatic carbocycles. The average molecular weight is 442 g/mol. The first kappa shape index (κ1) is 21.6. The number of allylic oxidation sites excluding steroid dienone is 1. The summed E-state index contributed by atoms with van der Waals surface area (Å²) in [5, 5.41) is 9.08. The highest BCUT2D eigenvalue weighted by Crippen LogP contribution is 2.39. The van der Waals surface area contributed by atoms with Gasteiger partial charge in [0.15, 0.2) is 16.8 Å². The Morgan fingerprint density at radius 1 is 1.00 bits per heavy atom. The molecule has 5 nitrogen and oxygen atoms in total. The number of nitrogens with zero attached hydrogens (tertiary/aromatic N) is 3. The Labute approximate surface area is 191 Å². The zero-order valence-electron chi connectivity index (χ0n) is 17.7. The molecule has 160 valence electrons. The van der Waals surface area contributed by atoms with Crippen LogP contribution in [0.2, 0.25) is 0 Å². The van der Waals surface area contributed by atoms with Crippen molar-refractivity contribution in [3.05, 3.63) is 109 Å². The molecule has 0 aliphatic rings. The van der Waals surface area contributed by atoms with Gasteiger partial charge in [-0.15, -0.1) is 16.8 Å². The van der Waals surface area contributed by atoms with E-state index in [0.29, 0.717) is 28.8 Å². The molecule has 0 aliphatic carbocycles. The molecule has 1 heterocycles. The van der Waals surface area contributed by atoms with Crippen molar-refractivity contribution in [2.24, 2.45) is 0 Å². The molecule has 4 rings (SSSR count). The van der Waals surface area contributed by atoms with Crippen molar-refractivity contribution in [3.8, 4) is 17.1 Å². The summed E-state index contributed by atoms with van der Waals surface area (Å²) in [5.41, 5.74) is 2.41. The van der Waals surface area contributed by atoms with E-state index in [0.717, 1.165) is 11.1 Å². The molecule has 0 N–H and O–H groups in total. The Kier molecular flexibility index (Phi) is 6.82. The zero-order valence-corrected chi connectivity index (χ0v) is 18.5. The normalized spacial score (nSPS) is 11.7. The van der Waals surface area contributed by atoms with Gasteiger partial charge in [0.2, 0.25) is 0 Å². The second-order valence-corrected chi connectivity index (χ2v) is 8.12. The number of methoxy groups -OCH3 is 1. The summed E-state index contributed by atoms with van der Waals surface area (Å²) in [7, 11) is 1.63. The first-order valence-electron chi connectivity index (χ1n) is 10.2. The van der Waals surface area contributed by atoms with Crippen molar-refractivity contribution in [2.45, 2.75) is 17.0 Å². The number of aromatic nitrogens is 3. The van der Waals surface area contributed by atoms with Crippen LogP contribution in [0.4, 0.5) is 0 Å². The monoisotopic (exact) mass is 441 g/mol. The molecule has 0 amide bonds. The molecule has 0 saturated heterocycles. The van der Waals surface area contributed by atoms with Crippen molar-refractivity contribution < 1.29 is 9.53 Å². The number of thioether (sulfide) groups is 1. The van der Waals surface area contributed by atoms with Gasteiger partial charge in [-0.2, -0.15) is 0 Å². The van der Waals surface area contributed by atoms with Crippen LogP contribution in [0.5, 0.6) is 5.75 Å². The van der Waals surface area contributed by atoms with Crippen molar-refractivity contribution in [1.29, 1.82) is 0 Å². The van der Waals surface area contributed by atoms with Crippen molar-refractivity contribution >= 4 is 17.5 Å². The Bertz CT molecular complexity index is 1210. The molecule has 4 aromatic rings. The van der Waals surface area contributed by atoms with Crippen molar-refractivity contribution in [2.75, 3.05) is 7.11 Å². The van der Waals surface area contributed by atoms with Crippen LogP contribution in [-0.4, -0.2) is 27.7 Å². The molecule has 0 spiro atoms. The lowest BCUT2D eigenvalue weighted by Crippen LogP contribution is -2.11. The second-order valence-electron chi connectivity index (χ2n) is 7.04. The van der Waals surface area contributed by atoms with E-state index in [1.807, 2.05) is 89.5 Å². The van der Waals surface area contributed by atoms with E-state index >= 15 is 0 Å². The second kappa shape index (κ2) is 10.1. The molecule has 0 aliphatic heterocycles. The van der Waals surface area contributed by atoms with E-state index in [2.05, 4.69) is 16.8 Å². The van der Waals surface area contributed by atoms with Gasteiger partial charge in [-0.1, -0.05) is 90.6 Å². The molecule has 32 heavy (non-hydrogen) atoms. The van der Waals surface area contributed by atoms with E-state index in [1.54, 1.807) is 13.2 Å². The van der Waals surface area contributed by atoms with Gasteiger partial charge in [0, 0.05) is 12.1 Å². The molecule has 6 heteroatoms. The van der Waals surface area contributed by atoms with E-state index in [4.69, 9.17) is 4.74 Å². The van der Waals surface area contributed by atoms with Crippen LogP contribution in [0.25, 0.3) is 11.4 Å². The lowest BCUT2D eigenvalue weighted by Gasteiger charge is -2.17. The fourth-order valence-corrected chi connectivity index (χ4v) is 4.58. The van der Waals surface area contributed by atoms with Crippen molar-refractivity contribution in [3.63, 3.8) is 0 Å². The van der Waals surface area contributed by atoms with Gasteiger partial charge in [-0.25, -0.2) is 0 Å². The van der Waals surface area contributed by atoms with E-state index in [1.165, 1.54) is 11.8 Å². The first-order valence-corrected chi connectivity index (χ1v) is 11.1. The number of hydrogen-bond donors (Lipinski definition) is 0. The van der Waals surface area contributed by atoms with Gasteiger partial charge in [0.25, 0.3) is 0 Å². The topological polar surface area (TPSA) is 57.0 Å². The fourth-order valence-electron chi connectivity index (χ4n) is 3.46. The molecule has 1 atom stereocenters. The third-order valence-electron chi connectivity index (χ3n) is 5.00. The van der Waals surface area contributed by atoms with Gasteiger partial charge in [0.05, 0.1) is 12.7 Å². The summed E-state index contributed by atoms with van der Waals surface area (Å²) in [6, 6.07) is 26.8. The van der Waals surface area contributed by atoms with Crippen molar-refractivity contribution in [1.82, 2.24) is 14.8 Å². The van der Waals surface area contributed by atoms with Crippen LogP contribution in [-0.2, 0) is 6.54 Å². The van der Waals surface area contributed by atoms with E-state index in [9.17, 15) is 4.79 Å². The maximum atomic E-state index is 13.5. The predicted molar refractivity (Wildman–Crippen MR) is 128 cm³/mol. The maximum absolute atomic E-state index is 13.5. The van der Waals surface area contributed by atoms with Crippen LogP contribution in [0, 0.1) is 0 Å². The van der Waals surface area contributed by atoms with Gasteiger partial charge in [-0.05, 0) is 17.7 Å². The minimum atomic E-state index is -0.461. The molecule has 0 saturated carbocycles. The highest BCUT2D eigenvalue weighted by Gasteiger charge is 2.27. The number of carbonyl (C=O) groups is 1. The van der Waals surface area contributed by atoms with E-state index < -0.39 is 5.25 Å². The smallest absolute Gasteiger partial charge is 0.192 e. The molecule has 0 bridgehead atoms. The maximum Gasteiger partial charge on any atom is 0.192 e. The molecular weight excluding hydrogens is 418 g/mol. The summed E-state index contributed by atoms with van der Waals surface area (Å²) in [6.07, 6.45) is 1.79. The Morgan fingerprint density at radius 3 is 2.34 bits per heavy atom. The SMILES string of the molecule is C=CCn1c(S[C@@H](C(=O)c2ccccc2)c2ccccc2)nnc1-c1ccccc1OC. The number of para-hydroxylation sites is 1. The van der Waals surface area contributed by atoms with Crippen LogP contribution < -0.4 is 4.74 Å². The number of Topliss-reactive ketones (excluding diaryl/α,β-unsaturated/α-hetero) is 1. The third-order valence-corrected chi connectivity index (χ3v) is 6.23. The standard InChI is InChI=1S/C26H23N3O2S/c1-3-18-29-25(21-16-10-11-17-22(21)31-2)27-28-26(29)32-24(20-14-8-5-9-15-20)23(30)19-12-6-4-7-13-19/h3-17,24H,1,18H2,2H3/t24-/m1/s1. The van der Waals surface area contributed by atoms with Crippen LogP contribution in [0.3, 0.4) is 0 Å². The largest absolute Gasteiger partial charge is 0.496 e. The average Bonchev–Trinajstić information content (AvgIpc) is 3.25. The minimum Gasteiger partial charge on any atom is -0.496 e. The number of benzene rings is 3. The summed E-state index contributed by atoms with van der Waals surface area (Å²) < 4.78 is 7.48. The van der Waals surface area contributed by atoms with Gasteiger partial charge < -0.3 is 4.74 Å². The van der Waals surface area contributed by atoms with Gasteiger partial charge >= 0.3 is 0 Å². The molecule has 1 aromatic heterocycles. The highest BCUT2D eigenvalue weighted by atomic mass is 32.2. The Morgan fingerprint density at radius 2 is 1.66 bits per heavy atom. The fraction of sp³-hybridized carbons (Fsp3) is 0.115. The van der Waals surface area contributed by atoms with Gasteiger partial charge in [-0.3, -0.25) is 9.36 Å². The minimum absolute atomic E-state index is 0.0220. The molecule has 0 fully saturated rings. The third kappa shape index (κ3) is 4.50. The van der Waals surface area contributed by atoms with Gasteiger partial charge in [0.1, 0.15) is 11.0 Å². The number of rotatable bonds is 9. The molecule has 0 radical (unpaired) electrons. The van der Waals surface area contributed by atoms with Crippen LogP contribution >= 0.6 is 11.8 Å². The first-order chi connectivity index (χ1) is 15.7. The molecule has 0 unspecified atom stereocenters. The number of carbonyl (C=O) groups excluding carboxylic acids is 1. The van der Waals surface area contributed by atoms with Crippen LogP contribution in [0.15, 0.2) is 103 Å². The lowest BCUT2D eigenvalue weighted by molar-refractivity contribution is 0.0989. The predicted octanol–water partition coefficient (Wildman–Crippen LogP) is 5.86. The summed E-state index contributed by atoms with van der Waals surface area (Å²) >= 11 is 1.39. The summed E-state index contributed by atoms with van der Waals surface area (Å²) in [5.74, 6) is 1.40. The Balaban J connectivity index is 1.76. The van der Waals surface area contributed by atoms with E-state index in [-0.39, 0.29) is 5.78 Å². The Hall–Kier alpha value is -3.64. The quantitative estimate of drug-likeness (QED) is 0.185. The highest BCUT2D eigenvalue weighted by molar-refractivity contribution is 8.00. The van der Waals surface area contributed by atoms with Crippen LogP contribution in [0.1, 0.15) is 21.2 Å². The number of hydrogen-bond acceptors (Lipinski definition) is 5. The lowest BCUT2D eigenvalue weighted by atomic mass is 10.0. The summed E-state index contributed by atoms with van der Waals surface area (Å²) in [6.45, 7) is 4.39. The zero-order chi connectivity index (χ0) is 22.3. The summed E-state index contributed by atoms with van der Waals surface area (Å²) in [4.78, 5) is 13.5. The number of ketones is 1. The number of ether oxygens (including phenoxy) is 1. The molecular formula is C26H23N3O2S.